The summed E-state index contributed by atoms with van der Waals surface area (Å²) in [6.45, 7) is 0. The van der Waals surface area contributed by atoms with Gasteiger partial charge in [0.05, 0.1) is 5.69 Å². The van der Waals surface area contributed by atoms with E-state index in [1.807, 2.05) is 28.8 Å². The third kappa shape index (κ3) is 2.98. The summed E-state index contributed by atoms with van der Waals surface area (Å²) in [5.41, 5.74) is 6.16. The number of imidazole rings is 1. The van der Waals surface area contributed by atoms with Gasteiger partial charge in [-0.25, -0.2) is 4.98 Å². The van der Waals surface area contributed by atoms with Gasteiger partial charge in [-0.05, 0) is 63.8 Å². The molecule has 4 heteroatoms. The van der Waals surface area contributed by atoms with E-state index in [0.717, 1.165) is 27.0 Å². The predicted molar refractivity (Wildman–Crippen MR) is 115 cm³/mol. The summed E-state index contributed by atoms with van der Waals surface area (Å²) in [6.07, 6.45) is 3.34. The SMILES string of the molecule is O=C1CC(c2ccc(-c3ccccc3)cc2)Cc2nc3ccc(I)cn3c21. The molecule has 0 saturated heterocycles. The molecule has 1 aliphatic carbocycles. The zero-order valence-electron chi connectivity index (χ0n) is 14.6. The molecule has 0 spiro atoms. The molecule has 1 unspecified atom stereocenters. The molecule has 1 aliphatic rings. The van der Waals surface area contributed by atoms with E-state index in [1.54, 1.807) is 0 Å². The number of pyridine rings is 1. The number of hydrogen-bond donors (Lipinski definition) is 0. The van der Waals surface area contributed by atoms with Crippen molar-refractivity contribution in [3.8, 4) is 11.1 Å². The summed E-state index contributed by atoms with van der Waals surface area (Å²) in [7, 11) is 0. The van der Waals surface area contributed by atoms with Crippen LogP contribution in [0.25, 0.3) is 16.8 Å². The molecule has 27 heavy (non-hydrogen) atoms. The van der Waals surface area contributed by atoms with Crippen LogP contribution in [0.4, 0.5) is 0 Å². The van der Waals surface area contributed by atoms with Crippen molar-refractivity contribution in [2.75, 3.05) is 0 Å². The number of carbonyl (C=O) groups excluding carboxylic acids is 1. The van der Waals surface area contributed by atoms with Crippen LogP contribution < -0.4 is 0 Å². The van der Waals surface area contributed by atoms with Crippen molar-refractivity contribution in [3.63, 3.8) is 0 Å². The van der Waals surface area contributed by atoms with Gasteiger partial charge in [0.15, 0.2) is 5.78 Å². The average Bonchev–Trinajstić information content (AvgIpc) is 3.07. The molecule has 2 aromatic heterocycles. The molecule has 0 fully saturated rings. The minimum Gasteiger partial charge on any atom is -0.296 e. The fourth-order valence-corrected chi connectivity index (χ4v) is 4.40. The van der Waals surface area contributed by atoms with Crippen molar-refractivity contribution < 1.29 is 4.79 Å². The Hall–Kier alpha value is -2.47. The normalized spacial score (nSPS) is 16.5. The minimum absolute atomic E-state index is 0.183. The largest absolute Gasteiger partial charge is 0.296 e. The number of fused-ring (bicyclic) bond motifs is 3. The maximum atomic E-state index is 12.9. The first-order chi connectivity index (χ1) is 13.2. The summed E-state index contributed by atoms with van der Waals surface area (Å²) in [5.74, 6) is 0.377. The molecule has 132 valence electrons. The van der Waals surface area contributed by atoms with E-state index in [-0.39, 0.29) is 11.7 Å². The molecule has 2 heterocycles. The van der Waals surface area contributed by atoms with Gasteiger partial charge in [-0.3, -0.25) is 9.20 Å². The number of halogens is 1. The second-order valence-electron chi connectivity index (χ2n) is 7.00. The molecule has 0 N–H and O–H groups in total. The Morgan fingerprint density at radius 2 is 1.63 bits per heavy atom. The van der Waals surface area contributed by atoms with Gasteiger partial charge in [0, 0.05) is 16.2 Å². The molecule has 0 bridgehead atoms. The van der Waals surface area contributed by atoms with Crippen molar-refractivity contribution in [3.05, 3.63) is 93.4 Å². The molecule has 3 nitrogen and oxygen atoms in total. The van der Waals surface area contributed by atoms with Gasteiger partial charge in [0.25, 0.3) is 0 Å². The summed E-state index contributed by atoms with van der Waals surface area (Å²) in [5, 5.41) is 0. The standard InChI is InChI=1S/C23H17IN2O/c24-19-10-11-22-25-20-12-18(13-21(27)23(20)26(22)14-19)17-8-6-16(7-9-17)15-4-2-1-3-5-15/h1-11,14,18H,12-13H2. The van der Waals surface area contributed by atoms with Crippen LogP contribution in [0.15, 0.2) is 72.9 Å². The number of Topliss-reactive ketones (excluding diaryl/α,β-unsaturated/α-hetero) is 1. The number of benzene rings is 2. The highest BCUT2D eigenvalue weighted by atomic mass is 127. The lowest BCUT2D eigenvalue weighted by molar-refractivity contribution is 0.0957. The molecule has 0 saturated carbocycles. The van der Waals surface area contributed by atoms with Crippen molar-refractivity contribution in [2.24, 2.45) is 0 Å². The summed E-state index contributed by atoms with van der Waals surface area (Å²) in [6, 6.07) is 23.0. The average molecular weight is 464 g/mol. The van der Waals surface area contributed by atoms with Crippen molar-refractivity contribution in [1.29, 1.82) is 0 Å². The second-order valence-corrected chi connectivity index (χ2v) is 8.24. The number of hydrogen-bond acceptors (Lipinski definition) is 2. The predicted octanol–water partition coefficient (Wildman–Crippen LogP) is 5.52. The fraction of sp³-hybridized carbons (Fsp3) is 0.130. The smallest absolute Gasteiger partial charge is 0.182 e. The van der Waals surface area contributed by atoms with Gasteiger partial charge in [-0.15, -0.1) is 0 Å². The lowest BCUT2D eigenvalue weighted by atomic mass is 9.83. The highest BCUT2D eigenvalue weighted by Crippen LogP contribution is 2.34. The Labute approximate surface area is 171 Å². The Bertz CT molecular complexity index is 1150. The van der Waals surface area contributed by atoms with Crippen LogP contribution in [-0.4, -0.2) is 15.2 Å². The fourth-order valence-electron chi connectivity index (χ4n) is 3.95. The molecule has 0 amide bonds. The number of rotatable bonds is 2. The highest BCUT2D eigenvalue weighted by Gasteiger charge is 2.30. The summed E-state index contributed by atoms with van der Waals surface area (Å²) >= 11 is 2.27. The first-order valence-electron chi connectivity index (χ1n) is 9.04. The van der Waals surface area contributed by atoms with Gasteiger partial charge in [0.2, 0.25) is 0 Å². The van der Waals surface area contributed by atoms with Crippen LogP contribution in [0, 0.1) is 3.57 Å². The minimum atomic E-state index is 0.183. The second kappa shape index (κ2) is 6.60. The number of aromatic nitrogens is 2. The van der Waals surface area contributed by atoms with E-state index in [4.69, 9.17) is 4.98 Å². The van der Waals surface area contributed by atoms with Gasteiger partial charge < -0.3 is 0 Å². The van der Waals surface area contributed by atoms with Crippen LogP contribution in [0.2, 0.25) is 0 Å². The Kier molecular flexibility index (Phi) is 4.08. The van der Waals surface area contributed by atoms with Crippen LogP contribution >= 0.6 is 22.6 Å². The Morgan fingerprint density at radius 3 is 2.41 bits per heavy atom. The Morgan fingerprint density at radius 1 is 0.889 bits per heavy atom. The van der Waals surface area contributed by atoms with E-state index < -0.39 is 0 Å². The van der Waals surface area contributed by atoms with Crippen LogP contribution in [0.3, 0.4) is 0 Å². The lowest BCUT2D eigenvalue weighted by Crippen LogP contribution is -2.19. The number of carbonyl (C=O) groups is 1. The van der Waals surface area contributed by atoms with Gasteiger partial charge in [-0.1, -0.05) is 54.6 Å². The van der Waals surface area contributed by atoms with Crippen molar-refractivity contribution >= 4 is 34.0 Å². The molecule has 4 aromatic rings. The summed E-state index contributed by atoms with van der Waals surface area (Å²) < 4.78 is 3.06. The first kappa shape index (κ1) is 16.7. The maximum Gasteiger partial charge on any atom is 0.182 e. The molecule has 2 aromatic carbocycles. The third-order valence-corrected chi connectivity index (χ3v) is 5.92. The molecule has 0 aliphatic heterocycles. The molecule has 5 rings (SSSR count). The zero-order valence-corrected chi connectivity index (χ0v) is 16.8. The topological polar surface area (TPSA) is 34.4 Å². The Balaban J connectivity index is 1.48. The lowest BCUT2D eigenvalue weighted by Gasteiger charge is -2.21. The van der Waals surface area contributed by atoms with Crippen molar-refractivity contribution in [1.82, 2.24) is 9.38 Å². The molecular weight excluding hydrogens is 447 g/mol. The van der Waals surface area contributed by atoms with Crippen LogP contribution in [0.5, 0.6) is 0 Å². The first-order valence-corrected chi connectivity index (χ1v) is 10.1. The van der Waals surface area contributed by atoms with E-state index >= 15 is 0 Å². The van der Waals surface area contributed by atoms with E-state index in [9.17, 15) is 4.79 Å². The van der Waals surface area contributed by atoms with Gasteiger partial charge in [0.1, 0.15) is 11.3 Å². The molecular formula is C23H17IN2O. The van der Waals surface area contributed by atoms with Crippen molar-refractivity contribution in [2.45, 2.75) is 18.8 Å². The number of ketones is 1. The van der Waals surface area contributed by atoms with E-state index in [2.05, 4.69) is 71.1 Å². The maximum absolute atomic E-state index is 12.9. The van der Waals surface area contributed by atoms with Gasteiger partial charge >= 0.3 is 0 Å². The monoisotopic (exact) mass is 464 g/mol. The third-order valence-electron chi connectivity index (χ3n) is 5.28. The zero-order chi connectivity index (χ0) is 18.4. The van der Waals surface area contributed by atoms with Crippen LogP contribution in [0.1, 0.15) is 34.1 Å². The quantitative estimate of drug-likeness (QED) is 0.367. The summed E-state index contributed by atoms with van der Waals surface area (Å²) in [4.78, 5) is 17.6. The van der Waals surface area contributed by atoms with E-state index in [1.165, 1.54) is 16.7 Å². The molecule has 1 atom stereocenters. The number of nitrogens with zero attached hydrogens (tertiary/aromatic N) is 2. The van der Waals surface area contributed by atoms with Crippen LogP contribution in [-0.2, 0) is 6.42 Å². The molecule has 0 radical (unpaired) electrons. The van der Waals surface area contributed by atoms with Gasteiger partial charge in [-0.2, -0.15) is 0 Å². The van der Waals surface area contributed by atoms with E-state index in [0.29, 0.717) is 6.42 Å². The highest BCUT2D eigenvalue weighted by molar-refractivity contribution is 14.1.